The predicted molar refractivity (Wildman–Crippen MR) is 115 cm³/mol. The van der Waals surface area contributed by atoms with Crippen molar-refractivity contribution >= 4 is 11.3 Å². The molecule has 6 nitrogen and oxygen atoms in total. The summed E-state index contributed by atoms with van der Waals surface area (Å²) >= 11 is -2.23. The van der Waals surface area contributed by atoms with E-state index in [2.05, 4.69) is 45.1 Å². The van der Waals surface area contributed by atoms with E-state index in [1.165, 1.54) is 11.1 Å². The molecule has 0 saturated carbocycles. The summed E-state index contributed by atoms with van der Waals surface area (Å²) in [6.07, 6.45) is 2.95. The molecule has 158 valence electrons. The quantitative estimate of drug-likeness (QED) is 0.560. The third-order valence-electron chi connectivity index (χ3n) is 5.62. The summed E-state index contributed by atoms with van der Waals surface area (Å²) < 4.78 is 29.4. The van der Waals surface area contributed by atoms with E-state index in [1.807, 2.05) is 30.3 Å². The van der Waals surface area contributed by atoms with Gasteiger partial charge in [-0.3, -0.25) is 9.11 Å². The molecule has 0 bridgehead atoms. The SMILES string of the molecule is O=S([O-])NCc1cccc(C2CCN(Cc3cc(Cc4ccccc4)no3)CC2)c1. The zero-order chi connectivity index (χ0) is 20.8. The Morgan fingerprint density at radius 1 is 1.07 bits per heavy atom. The number of likely N-dealkylation sites (tertiary alicyclic amines) is 1. The normalized spacial score (nSPS) is 16.6. The van der Waals surface area contributed by atoms with E-state index in [0.717, 1.165) is 55.9 Å². The zero-order valence-electron chi connectivity index (χ0n) is 16.8. The standard InChI is InChI=1S/C23H27N3O3S/c27-30(28)24-16-19-7-4-8-21(13-19)20-9-11-26(12-10-20)17-23-15-22(25-29-23)14-18-5-2-1-3-6-18/h1-8,13,15,20,24H,9-12,14,16-17H2,(H,27,28)/p-1. The lowest BCUT2D eigenvalue weighted by molar-refractivity contribution is 0.184. The maximum atomic E-state index is 10.7. The topological polar surface area (TPSA) is 81.4 Å². The van der Waals surface area contributed by atoms with Gasteiger partial charge in [-0.2, -0.15) is 0 Å². The third-order valence-corrected chi connectivity index (χ3v) is 6.00. The monoisotopic (exact) mass is 424 g/mol. The Morgan fingerprint density at radius 2 is 1.83 bits per heavy atom. The lowest BCUT2D eigenvalue weighted by Gasteiger charge is -2.31. The van der Waals surface area contributed by atoms with Crippen molar-refractivity contribution in [2.75, 3.05) is 13.1 Å². The number of hydrogen-bond donors (Lipinski definition) is 1. The molecule has 1 unspecified atom stereocenters. The molecule has 1 saturated heterocycles. The van der Waals surface area contributed by atoms with Gasteiger partial charge in [0.15, 0.2) is 5.76 Å². The summed E-state index contributed by atoms with van der Waals surface area (Å²) in [7, 11) is 0. The first-order chi connectivity index (χ1) is 14.7. The summed E-state index contributed by atoms with van der Waals surface area (Å²) in [6.45, 7) is 3.13. The van der Waals surface area contributed by atoms with Crippen LogP contribution >= 0.6 is 0 Å². The Hall–Kier alpha value is -2.32. The van der Waals surface area contributed by atoms with Crippen LogP contribution in [0.4, 0.5) is 0 Å². The predicted octanol–water partition coefficient (Wildman–Crippen LogP) is 3.53. The Balaban J connectivity index is 1.28. The second kappa shape index (κ2) is 10.1. The van der Waals surface area contributed by atoms with E-state index in [0.29, 0.717) is 12.5 Å². The van der Waals surface area contributed by atoms with Crippen molar-refractivity contribution in [2.24, 2.45) is 0 Å². The molecule has 4 rings (SSSR count). The summed E-state index contributed by atoms with van der Waals surface area (Å²) in [5.41, 5.74) is 4.48. The molecule has 0 amide bonds. The smallest absolute Gasteiger partial charge is 0.150 e. The first kappa shape index (κ1) is 20.9. The highest BCUT2D eigenvalue weighted by atomic mass is 32.2. The van der Waals surface area contributed by atoms with Gasteiger partial charge in [0.25, 0.3) is 0 Å². The number of nitrogens with one attached hydrogen (secondary N) is 1. The van der Waals surface area contributed by atoms with Gasteiger partial charge >= 0.3 is 0 Å². The van der Waals surface area contributed by atoms with E-state index >= 15 is 0 Å². The van der Waals surface area contributed by atoms with Crippen LogP contribution in [0.15, 0.2) is 65.2 Å². The van der Waals surface area contributed by atoms with Crippen LogP contribution < -0.4 is 4.72 Å². The fraction of sp³-hybridized carbons (Fsp3) is 0.348. The van der Waals surface area contributed by atoms with Crippen LogP contribution in [0.5, 0.6) is 0 Å². The average Bonchev–Trinajstić information content (AvgIpc) is 3.20. The lowest BCUT2D eigenvalue weighted by atomic mass is 9.88. The summed E-state index contributed by atoms with van der Waals surface area (Å²) in [5, 5.41) is 4.23. The Labute approximate surface area is 179 Å². The molecule has 1 fully saturated rings. The van der Waals surface area contributed by atoms with Crippen LogP contribution in [0, 0.1) is 0 Å². The number of piperidine rings is 1. The molecule has 1 aliphatic rings. The van der Waals surface area contributed by atoms with Crippen molar-refractivity contribution in [3.8, 4) is 0 Å². The summed E-state index contributed by atoms with van der Waals surface area (Å²) in [6, 6.07) is 20.6. The molecule has 1 aromatic heterocycles. The molecule has 0 spiro atoms. The lowest BCUT2D eigenvalue weighted by Crippen LogP contribution is -2.32. The van der Waals surface area contributed by atoms with E-state index in [-0.39, 0.29) is 0 Å². The van der Waals surface area contributed by atoms with Gasteiger partial charge in [-0.15, -0.1) is 0 Å². The number of hydrogen-bond acceptors (Lipinski definition) is 5. The molecule has 0 aliphatic carbocycles. The van der Waals surface area contributed by atoms with Crippen molar-refractivity contribution in [3.05, 3.63) is 88.8 Å². The van der Waals surface area contributed by atoms with Crippen molar-refractivity contribution < 1.29 is 13.3 Å². The van der Waals surface area contributed by atoms with E-state index in [9.17, 15) is 8.76 Å². The highest BCUT2D eigenvalue weighted by Gasteiger charge is 2.22. The Bertz CT molecular complexity index is 969. The van der Waals surface area contributed by atoms with Gasteiger partial charge in [-0.25, -0.2) is 4.72 Å². The Morgan fingerprint density at radius 3 is 2.60 bits per heavy atom. The fourth-order valence-electron chi connectivity index (χ4n) is 4.06. The minimum absolute atomic E-state index is 0.333. The molecule has 7 heteroatoms. The first-order valence-corrected chi connectivity index (χ1v) is 11.4. The van der Waals surface area contributed by atoms with Crippen molar-refractivity contribution in [2.45, 2.75) is 38.3 Å². The van der Waals surface area contributed by atoms with Crippen molar-refractivity contribution in [3.63, 3.8) is 0 Å². The second-order valence-electron chi connectivity index (χ2n) is 7.80. The van der Waals surface area contributed by atoms with Gasteiger partial charge < -0.3 is 9.08 Å². The van der Waals surface area contributed by atoms with Crippen LogP contribution in [0.25, 0.3) is 0 Å². The molecule has 0 radical (unpaired) electrons. The Kier molecular flexibility index (Phi) is 7.07. The highest BCUT2D eigenvalue weighted by Crippen LogP contribution is 2.29. The fourth-order valence-corrected chi connectivity index (χ4v) is 4.35. The van der Waals surface area contributed by atoms with Gasteiger partial charge in [0.2, 0.25) is 0 Å². The van der Waals surface area contributed by atoms with Gasteiger partial charge in [0, 0.05) is 30.3 Å². The molecular weight excluding hydrogens is 398 g/mol. The largest absolute Gasteiger partial charge is 0.760 e. The van der Waals surface area contributed by atoms with Crippen LogP contribution in [0.3, 0.4) is 0 Å². The van der Waals surface area contributed by atoms with E-state index < -0.39 is 11.3 Å². The van der Waals surface area contributed by atoms with Gasteiger partial charge in [-0.05, 0) is 48.5 Å². The maximum Gasteiger partial charge on any atom is 0.150 e. The van der Waals surface area contributed by atoms with E-state index in [4.69, 9.17) is 4.52 Å². The van der Waals surface area contributed by atoms with Crippen LogP contribution in [0.1, 0.15) is 46.9 Å². The van der Waals surface area contributed by atoms with Gasteiger partial charge in [-0.1, -0.05) is 59.8 Å². The van der Waals surface area contributed by atoms with Crippen molar-refractivity contribution in [1.82, 2.24) is 14.8 Å². The summed E-state index contributed by atoms with van der Waals surface area (Å²) in [5.74, 6) is 1.42. The number of aromatic nitrogens is 1. The molecule has 2 heterocycles. The molecule has 2 aromatic carbocycles. The molecule has 1 N–H and O–H groups in total. The first-order valence-electron chi connectivity index (χ1n) is 10.3. The minimum Gasteiger partial charge on any atom is -0.760 e. The maximum absolute atomic E-state index is 10.7. The number of rotatable bonds is 8. The average molecular weight is 425 g/mol. The third kappa shape index (κ3) is 5.86. The molecular formula is C23H26N3O3S-. The number of benzene rings is 2. The molecule has 1 aliphatic heterocycles. The minimum atomic E-state index is -2.23. The van der Waals surface area contributed by atoms with E-state index in [1.54, 1.807) is 0 Å². The summed E-state index contributed by atoms with van der Waals surface area (Å²) in [4.78, 5) is 2.41. The van der Waals surface area contributed by atoms with Gasteiger partial charge in [0.1, 0.15) is 0 Å². The molecule has 1 atom stereocenters. The van der Waals surface area contributed by atoms with Gasteiger partial charge in [0.05, 0.1) is 12.2 Å². The van der Waals surface area contributed by atoms with Crippen molar-refractivity contribution in [1.29, 1.82) is 0 Å². The molecule has 30 heavy (non-hydrogen) atoms. The number of nitrogens with zero attached hydrogens (tertiary/aromatic N) is 2. The highest BCUT2D eigenvalue weighted by molar-refractivity contribution is 7.77. The van der Waals surface area contributed by atoms with Crippen LogP contribution in [-0.2, 0) is 30.8 Å². The van der Waals surface area contributed by atoms with Crippen LogP contribution in [-0.4, -0.2) is 31.9 Å². The van der Waals surface area contributed by atoms with Crippen LogP contribution in [0.2, 0.25) is 0 Å². The molecule has 3 aromatic rings. The second-order valence-corrected chi connectivity index (χ2v) is 8.56. The zero-order valence-corrected chi connectivity index (χ0v) is 17.6.